The Kier molecular flexibility index (Phi) is 27.7. The molecule has 0 heterocycles. The summed E-state index contributed by atoms with van der Waals surface area (Å²) in [5, 5.41) is 6.77. The quantitative estimate of drug-likeness (QED) is 0.134. The van der Waals surface area contributed by atoms with E-state index in [4.69, 9.17) is 0 Å². The Morgan fingerprint density at radius 2 is 1.49 bits per heavy atom. The molecule has 268 valence electrons. The Hall–Kier alpha value is -3.05. The molecule has 1 aromatic carbocycles. The van der Waals surface area contributed by atoms with Crippen LogP contribution < -0.4 is 10.6 Å². The van der Waals surface area contributed by atoms with Crippen molar-refractivity contribution in [1.29, 1.82) is 0 Å². The molecule has 0 fully saturated rings. The van der Waals surface area contributed by atoms with Crippen molar-refractivity contribution in [2.45, 2.75) is 128 Å². The fourth-order valence-electron chi connectivity index (χ4n) is 4.28. The topological polar surface area (TPSA) is 36.4 Å². The van der Waals surface area contributed by atoms with E-state index >= 15 is 0 Å². The molecule has 0 aliphatic heterocycles. The van der Waals surface area contributed by atoms with Gasteiger partial charge in [-0.05, 0) is 112 Å². The van der Waals surface area contributed by atoms with Crippen LogP contribution in [0, 0.1) is 5.92 Å². The van der Waals surface area contributed by atoms with Gasteiger partial charge in [0.15, 0.2) is 0 Å². The second-order valence-electron chi connectivity index (χ2n) is 11.9. The van der Waals surface area contributed by atoms with Gasteiger partial charge in [-0.3, -0.25) is 4.99 Å². The van der Waals surface area contributed by atoms with Gasteiger partial charge in [-0.25, -0.2) is 8.78 Å². The molecule has 2 N–H and O–H groups in total. The molecular weight excluding hydrogens is 584 g/mol. The summed E-state index contributed by atoms with van der Waals surface area (Å²) in [4.78, 5) is 4.44. The minimum atomic E-state index is -1.50. The molecule has 0 amide bonds. The van der Waals surface area contributed by atoms with Crippen molar-refractivity contribution in [2.24, 2.45) is 10.9 Å². The second kappa shape index (κ2) is 27.0. The SMILES string of the molecule is C=C(C)C.C=C(NCCNC(C)C)/C(C)=C/C1=CC(=C/C(C)Cc2ccc(C(C)(C)F)cc2C(C)F)/C(=NC)C=C1.CC.CC.CC. The van der Waals surface area contributed by atoms with E-state index < -0.39 is 11.8 Å². The molecule has 0 bridgehead atoms. The summed E-state index contributed by atoms with van der Waals surface area (Å²) < 4.78 is 28.9. The van der Waals surface area contributed by atoms with Crippen LogP contribution in [0.1, 0.15) is 127 Å². The molecular formula is C42H71F2N3. The monoisotopic (exact) mass is 656 g/mol. The lowest BCUT2D eigenvalue weighted by Crippen LogP contribution is -2.31. The van der Waals surface area contributed by atoms with Gasteiger partial charge in [0.05, 0.1) is 5.71 Å². The average molecular weight is 656 g/mol. The first-order valence-corrected chi connectivity index (χ1v) is 17.6. The first-order valence-electron chi connectivity index (χ1n) is 17.6. The molecule has 47 heavy (non-hydrogen) atoms. The van der Waals surface area contributed by atoms with Crippen LogP contribution in [0.5, 0.6) is 0 Å². The molecule has 3 nitrogen and oxygen atoms in total. The highest BCUT2D eigenvalue weighted by atomic mass is 19.1. The van der Waals surface area contributed by atoms with Crippen molar-refractivity contribution in [2.75, 3.05) is 20.1 Å². The van der Waals surface area contributed by atoms with E-state index in [2.05, 4.69) is 80.8 Å². The second-order valence-corrected chi connectivity index (χ2v) is 11.9. The van der Waals surface area contributed by atoms with Gasteiger partial charge >= 0.3 is 0 Å². The fourth-order valence-corrected chi connectivity index (χ4v) is 4.28. The number of benzene rings is 1. The van der Waals surface area contributed by atoms with E-state index in [1.807, 2.05) is 67.5 Å². The molecule has 1 aliphatic carbocycles. The van der Waals surface area contributed by atoms with Gasteiger partial charge in [0.1, 0.15) is 11.8 Å². The maximum absolute atomic E-state index is 14.5. The molecule has 5 heteroatoms. The molecule has 0 aromatic heterocycles. The van der Waals surface area contributed by atoms with E-state index in [-0.39, 0.29) is 5.92 Å². The fraction of sp³-hybridized carbons (Fsp3) is 0.548. The molecule has 0 spiro atoms. The number of nitrogens with zero attached hydrogens (tertiary/aromatic N) is 1. The number of nitrogens with one attached hydrogen (secondary N) is 2. The maximum atomic E-state index is 14.5. The summed E-state index contributed by atoms with van der Waals surface area (Å²) in [5.74, 6) is 0.132. The zero-order chi connectivity index (χ0) is 37.3. The summed E-state index contributed by atoms with van der Waals surface area (Å²) in [6.45, 7) is 38.3. The van der Waals surface area contributed by atoms with E-state index in [9.17, 15) is 8.78 Å². The largest absolute Gasteiger partial charge is 0.384 e. The third-order valence-electron chi connectivity index (χ3n) is 6.43. The van der Waals surface area contributed by atoms with Gasteiger partial charge in [0.25, 0.3) is 0 Å². The average Bonchev–Trinajstić information content (AvgIpc) is 3.01. The Morgan fingerprint density at radius 3 is 1.96 bits per heavy atom. The van der Waals surface area contributed by atoms with E-state index in [0.29, 0.717) is 23.6 Å². The van der Waals surface area contributed by atoms with Crippen LogP contribution in [-0.4, -0.2) is 31.9 Å². The molecule has 2 rings (SSSR count). The van der Waals surface area contributed by atoms with Crippen LogP contribution in [0.4, 0.5) is 8.78 Å². The molecule has 0 radical (unpaired) electrons. The Labute approximate surface area is 290 Å². The summed E-state index contributed by atoms with van der Waals surface area (Å²) in [7, 11) is 1.79. The highest BCUT2D eigenvalue weighted by molar-refractivity contribution is 6.12. The summed E-state index contributed by atoms with van der Waals surface area (Å²) in [5.41, 5.74) is 6.62. The highest BCUT2D eigenvalue weighted by Crippen LogP contribution is 2.32. The van der Waals surface area contributed by atoms with Crippen molar-refractivity contribution in [3.05, 3.63) is 106 Å². The summed E-state index contributed by atoms with van der Waals surface area (Å²) in [6.07, 6.45) is 10.00. The Morgan fingerprint density at radius 1 is 0.936 bits per heavy atom. The van der Waals surface area contributed by atoms with Crippen LogP contribution in [-0.2, 0) is 12.1 Å². The zero-order valence-electron chi connectivity index (χ0n) is 33.1. The van der Waals surface area contributed by atoms with Gasteiger partial charge in [-0.1, -0.05) is 98.8 Å². The van der Waals surface area contributed by atoms with Gasteiger partial charge in [-0.2, -0.15) is 0 Å². The number of aliphatic imine (C=N–C) groups is 1. The van der Waals surface area contributed by atoms with Gasteiger partial charge in [-0.15, -0.1) is 6.58 Å². The van der Waals surface area contributed by atoms with Crippen molar-refractivity contribution in [3.63, 3.8) is 0 Å². The van der Waals surface area contributed by atoms with Gasteiger partial charge < -0.3 is 10.6 Å². The van der Waals surface area contributed by atoms with Gasteiger partial charge in [0, 0.05) is 31.9 Å². The molecule has 2 unspecified atom stereocenters. The zero-order valence-corrected chi connectivity index (χ0v) is 33.1. The van der Waals surface area contributed by atoms with Gasteiger partial charge in [0.2, 0.25) is 0 Å². The lowest BCUT2D eigenvalue weighted by molar-refractivity contribution is 0.221. The van der Waals surface area contributed by atoms with Crippen molar-refractivity contribution >= 4 is 5.71 Å². The van der Waals surface area contributed by atoms with Crippen LogP contribution in [0.15, 0.2) is 94.7 Å². The molecule has 2 atom stereocenters. The Balaban J connectivity index is -0.00000173. The molecule has 1 aromatic rings. The lowest BCUT2D eigenvalue weighted by Gasteiger charge is -2.20. The number of hydrogen-bond acceptors (Lipinski definition) is 3. The number of hydrogen-bond donors (Lipinski definition) is 2. The number of alkyl halides is 2. The minimum Gasteiger partial charge on any atom is -0.384 e. The molecule has 1 aliphatic rings. The predicted octanol–water partition coefficient (Wildman–Crippen LogP) is 12.3. The number of halogens is 2. The standard InChI is InChI=1S/C32H45F2N3.C4H8.3C2H6/c1-21(2)36-14-15-37-25(6)23(4)18-26-10-13-31(35-9)28(19-26)17-22(3)16-27-11-12-29(32(7,8)34)20-30(27)24(5)33;1-4(2)3;3*1-2/h10-13,17-22,24,36-37H,6,14-16H2,1-5,7-9H3;1H2,2-3H3;3*1-2H3/b23-18+,28-17-,35-31?;;;;. The molecule has 0 saturated carbocycles. The van der Waals surface area contributed by atoms with E-state index in [1.165, 1.54) is 26.3 Å². The molecule has 0 saturated heterocycles. The summed E-state index contributed by atoms with van der Waals surface area (Å²) >= 11 is 0. The van der Waals surface area contributed by atoms with E-state index in [1.54, 1.807) is 19.2 Å². The van der Waals surface area contributed by atoms with Crippen LogP contribution in [0.2, 0.25) is 0 Å². The maximum Gasteiger partial charge on any atom is 0.130 e. The minimum absolute atomic E-state index is 0.132. The smallest absolute Gasteiger partial charge is 0.130 e. The van der Waals surface area contributed by atoms with Crippen molar-refractivity contribution < 1.29 is 8.78 Å². The third-order valence-corrected chi connectivity index (χ3v) is 6.43. The van der Waals surface area contributed by atoms with E-state index in [0.717, 1.165) is 46.8 Å². The lowest BCUT2D eigenvalue weighted by atomic mass is 9.88. The van der Waals surface area contributed by atoms with Crippen molar-refractivity contribution in [3.8, 4) is 0 Å². The number of allylic oxidation sites excluding steroid dienone is 9. The van der Waals surface area contributed by atoms with Crippen LogP contribution in [0.25, 0.3) is 0 Å². The number of rotatable bonds is 12. The summed E-state index contributed by atoms with van der Waals surface area (Å²) in [6, 6.07) is 5.78. The third kappa shape index (κ3) is 21.4. The predicted molar refractivity (Wildman–Crippen MR) is 210 cm³/mol. The van der Waals surface area contributed by atoms with Crippen molar-refractivity contribution in [1.82, 2.24) is 10.6 Å². The van der Waals surface area contributed by atoms with Crippen LogP contribution in [0.3, 0.4) is 0 Å². The first-order chi connectivity index (χ1) is 22.0. The Bertz CT molecular complexity index is 1180. The highest BCUT2D eigenvalue weighted by Gasteiger charge is 2.22. The van der Waals surface area contributed by atoms with Crippen LogP contribution >= 0.6 is 0 Å². The first kappa shape index (κ1) is 48.3. The normalized spacial score (nSPS) is 15.4.